The van der Waals surface area contributed by atoms with Gasteiger partial charge in [-0.15, -0.1) is 0 Å². The molecule has 1 aromatic rings. The predicted octanol–water partition coefficient (Wildman–Crippen LogP) is 0.758. The molecule has 94 valence electrons. The number of aliphatic carboxylic acids is 1. The van der Waals surface area contributed by atoms with Gasteiger partial charge < -0.3 is 5.11 Å². The van der Waals surface area contributed by atoms with E-state index in [2.05, 4.69) is 10.00 Å². The maximum Gasteiger partial charge on any atom is 0.321 e. The molecule has 0 spiro atoms. The molecule has 0 amide bonds. The Kier molecular flexibility index (Phi) is 3.47. The molecule has 1 aliphatic rings. The van der Waals surface area contributed by atoms with Crippen LogP contribution < -0.4 is 0 Å². The standard InChI is InChI=1S/C12H19N3O2/c1-9-4-7-15(11(9)12(16)17)8-5-10-3-6-13-14(10)2/h3,6,9,11H,4-5,7-8H2,1-2H3,(H,16,17). The molecule has 1 aromatic heterocycles. The Hall–Kier alpha value is -1.36. The van der Waals surface area contributed by atoms with Crippen molar-refractivity contribution in [3.05, 3.63) is 18.0 Å². The summed E-state index contributed by atoms with van der Waals surface area (Å²) in [6, 6.07) is 1.66. The van der Waals surface area contributed by atoms with E-state index in [1.165, 1.54) is 0 Å². The second-order valence-electron chi connectivity index (χ2n) is 4.78. The Bertz CT molecular complexity index is 402. The number of likely N-dealkylation sites (tertiary alicyclic amines) is 1. The number of carboxylic acids is 1. The summed E-state index contributed by atoms with van der Waals surface area (Å²) in [6.07, 6.45) is 3.60. The van der Waals surface area contributed by atoms with Gasteiger partial charge in [-0.1, -0.05) is 6.92 Å². The van der Waals surface area contributed by atoms with E-state index in [0.29, 0.717) is 0 Å². The number of rotatable bonds is 4. The van der Waals surface area contributed by atoms with Gasteiger partial charge in [0.2, 0.25) is 0 Å². The number of aryl methyl sites for hydroxylation is 1. The first-order chi connectivity index (χ1) is 8.09. The molecular weight excluding hydrogens is 218 g/mol. The normalized spacial score (nSPS) is 25.3. The van der Waals surface area contributed by atoms with Crippen molar-refractivity contribution in [2.45, 2.75) is 25.8 Å². The van der Waals surface area contributed by atoms with Crippen LogP contribution in [0.5, 0.6) is 0 Å². The molecule has 2 unspecified atom stereocenters. The largest absolute Gasteiger partial charge is 0.480 e. The summed E-state index contributed by atoms with van der Waals surface area (Å²) in [5, 5.41) is 13.3. The van der Waals surface area contributed by atoms with E-state index < -0.39 is 5.97 Å². The molecule has 2 rings (SSSR count). The van der Waals surface area contributed by atoms with Crippen LogP contribution in [0.1, 0.15) is 19.0 Å². The molecule has 5 nitrogen and oxygen atoms in total. The number of hydrogen-bond donors (Lipinski definition) is 1. The molecular formula is C12H19N3O2. The van der Waals surface area contributed by atoms with Crippen molar-refractivity contribution in [3.63, 3.8) is 0 Å². The van der Waals surface area contributed by atoms with Crippen LogP contribution in [0, 0.1) is 5.92 Å². The van der Waals surface area contributed by atoms with Crippen LogP contribution in [-0.2, 0) is 18.3 Å². The maximum atomic E-state index is 11.2. The van der Waals surface area contributed by atoms with Crippen molar-refractivity contribution in [2.24, 2.45) is 13.0 Å². The minimum absolute atomic E-state index is 0.249. The van der Waals surface area contributed by atoms with Crippen LogP contribution in [0.15, 0.2) is 12.3 Å². The summed E-state index contributed by atoms with van der Waals surface area (Å²) in [5.74, 6) is -0.445. The smallest absolute Gasteiger partial charge is 0.321 e. The zero-order chi connectivity index (χ0) is 12.4. The van der Waals surface area contributed by atoms with E-state index in [0.717, 1.165) is 31.6 Å². The van der Waals surface area contributed by atoms with Crippen molar-refractivity contribution in [1.29, 1.82) is 0 Å². The summed E-state index contributed by atoms with van der Waals surface area (Å²) in [7, 11) is 1.91. The van der Waals surface area contributed by atoms with Crippen molar-refractivity contribution >= 4 is 5.97 Å². The highest BCUT2D eigenvalue weighted by molar-refractivity contribution is 5.74. The van der Waals surface area contributed by atoms with Gasteiger partial charge in [-0.05, 0) is 24.9 Å². The average Bonchev–Trinajstić information content (AvgIpc) is 2.82. The second-order valence-corrected chi connectivity index (χ2v) is 4.78. The number of hydrogen-bond acceptors (Lipinski definition) is 3. The minimum atomic E-state index is -0.694. The molecule has 1 aliphatic heterocycles. The number of carbonyl (C=O) groups is 1. The Morgan fingerprint density at radius 2 is 2.41 bits per heavy atom. The monoisotopic (exact) mass is 237 g/mol. The summed E-state index contributed by atoms with van der Waals surface area (Å²) in [6.45, 7) is 3.69. The molecule has 5 heteroatoms. The minimum Gasteiger partial charge on any atom is -0.480 e. The summed E-state index contributed by atoms with van der Waals surface area (Å²) in [4.78, 5) is 13.3. The fourth-order valence-corrected chi connectivity index (χ4v) is 2.58. The van der Waals surface area contributed by atoms with Crippen molar-refractivity contribution in [1.82, 2.24) is 14.7 Å². The highest BCUT2D eigenvalue weighted by Crippen LogP contribution is 2.24. The first-order valence-corrected chi connectivity index (χ1v) is 6.03. The molecule has 17 heavy (non-hydrogen) atoms. The van der Waals surface area contributed by atoms with Crippen LogP contribution in [0.3, 0.4) is 0 Å². The van der Waals surface area contributed by atoms with Gasteiger partial charge in [0.25, 0.3) is 0 Å². The van der Waals surface area contributed by atoms with E-state index in [1.807, 2.05) is 24.7 Å². The SMILES string of the molecule is CC1CCN(CCc2ccnn2C)C1C(=O)O. The average molecular weight is 237 g/mol. The van der Waals surface area contributed by atoms with Gasteiger partial charge >= 0.3 is 5.97 Å². The Morgan fingerprint density at radius 3 is 3.00 bits per heavy atom. The molecule has 0 saturated carbocycles. The fourth-order valence-electron chi connectivity index (χ4n) is 2.58. The van der Waals surface area contributed by atoms with Crippen LogP contribution in [0.25, 0.3) is 0 Å². The molecule has 2 atom stereocenters. The zero-order valence-corrected chi connectivity index (χ0v) is 10.3. The third-order valence-electron chi connectivity index (χ3n) is 3.63. The number of nitrogens with zero attached hydrogens (tertiary/aromatic N) is 3. The topological polar surface area (TPSA) is 58.4 Å². The third-order valence-corrected chi connectivity index (χ3v) is 3.63. The van der Waals surface area contributed by atoms with Crippen LogP contribution in [-0.4, -0.2) is 44.9 Å². The molecule has 1 fully saturated rings. The lowest BCUT2D eigenvalue weighted by molar-refractivity contribution is -0.143. The van der Waals surface area contributed by atoms with E-state index in [1.54, 1.807) is 6.20 Å². The van der Waals surface area contributed by atoms with Crippen LogP contribution in [0.2, 0.25) is 0 Å². The van der Waals surface area contributed by atoms with E-state index in [-0.39, 0.29) is 12.0 Å². The van der Waals surface area contributed by atoms with Crippen molar-refractivity contribution in [2.75, 3.05) is 13.1 Å². The Balaban J connectivity index is 1.95. The van der Waals surface area contributed by atoms with Crippen molar-refractivity contribution < 1.29 is 9.90 Å². The van der Waals surface area contributed by atoms with Gasteiger partial charge in [0.1, 0.15) is 6.04 Å². The second kappa shape index (κ2) is 4.87. The quantitative estimate of drug-likeness (QED) is 0.840. The summed E-state index contributed by atoms with van der Waals surface area (Å²) in [5.41, 5.74) is 1.15. The fraction of sp³-hybridized carbons (Fsp3) is 0.667. The van der Waals surface area contributed by atoms with E-state index in [4.69, 9.17) is 0 Å². The Labute approximate surface area is 101 Å². The predicted molar refractivity (Wildman–Crippen MR) is 63.7 cm³/mol. The molecule has 1 saturated heterocycles. The van der Waals surface area contributed by atoms with E-state index in [9.17, 15) is 9.90 Å². The van der Waals surface area contributed by atoms with Gasteiger partial charge in [-0.2, -0.15) is 5.10 Å². The molecule has 0 bridgehead atoms. The number of carboxylic acid groups (broad SMARTS) is 1. The van der Waals surface area contributed by atoms with Crippen LogP contribution in [0.4, 0.5) is 0 Å². The zero-order valence-electron chi connectivity index (χ0n) is 10.3. The highest BCUT2D eigenvalue weighted by Gasteiger charge is 2.36. The first-order valence-electron chi connectivity index (χ1n) is 6.03. The molecule has 0 aromatic carbocycles. The molecule has 0 aliphatic carbocycles. The number of aromatic nitrogens is 2. The molecule has 0 radical (unpaired) electrons. The van der Waals surface area contributed by atoms with Crippen molar-refractivity contribution in [3.8, 4) is 0 Å². The highest BCUT2D eigenvalue weighted by atomic mass is 16.4. The summed E-state index contributed by atoms with van der Waals surface area (Å²) >= 11 is 0. The van der Waals surface area contributed by atoms with Gasteiger partial charge in [0.05, 0.1) is 0 Å². The summed E-state index contributed by atoms with van der Waals surface area (Å²) < 4.78 is 1.84. The molecule has 1 N–H and O–H groups in total. The van der Waals surface area contributed by atoms with Gasteiger partial charge in [0.15, 0.2) is 0 Å². The van der Waals surface area contributed by atoms with Gasteiger partial charge in [-0.25, -0.2) is 0 Å². The van der Waals surface area contributed by atoms with E-state index >= 15 is 0 Å². The lowest BCUT2D eigenvalue weighted by atomic mass is 10.0. The van der Waals surface area contributed by atoms with Gasteiger partial charge in [-0.3, -0.25) is 14.4 Å². The lowest BCUT2D eigenvalue weighted by Gasteiger charge is -2.22. The first kappa shape index (κ1) is 12.1. The van der Waals surface area contributed by atoms with Gasteiger partial charge in [0, 0.05) is 31.9 Å². The lowest BCUT2D eigenvalue weighted by Crippen LogP contribution is -2.40. The van der Waals surface area contributed by atoms with Crippen LogP contribution >= 0.6 is 0 Å². The third kappa shape index (κ3) is 2.49. The molecule has 2 heterocycles. The Morgan fingerprint density at radius 1 is 1.65 bits per heavy atom. The maximum absolute atomic E-state index is 11.2.